The van der Waals surface area contributed by atoms with Crippen LogP contribution in [0.4, 0.5) is 10.1 Å². The van der Waals surface area contributed by atoms with Crippen LogP contribution in [0.1, 0.15) is 37.8 Å². The normalized spacial score (nSPS) is 17.0. The second-order valence-electron chi connectivity index (χ2n) is 7.80. The molecule has 0 radical (unpaired) electrons. The van der Waals surface area contributed by atoms with Crippen LogP contribution in [0.2, 0.25) is 0 Å². The number of fused-ring (bicyclic) bond motifs is 3. The molecule has 174 valence electrons. The van der Waals surface area contributed by atoms with Crippen molar-refractivity contribution in [2.45, 2.75) is 33.1 Å². The molecule has 0 spiro atoms. The first-order valence-corrected chi connectivity index (χ1v) is 10.7. The Balaban J connectivity index is 0.00000181. The molecule has 4 rings (SSSR count). The van der Waals surface area contributed by atoms with E-state index in [4.69, 9.17) is 4.74 Å². The zero-order valence-corrected chi connectivity index (χ0v) is 19.3. The number of ether oxygens (including phenoxy) is 1. The van der Waals surface area contributed by atoms with E-state index >= 15 is 0 Å². The summed E-state index contributed by atoms with van der Waals surface area (Å²) in [6, 6.07) is 12.3. The van der Waals surface area contributed by atoms with Crippen LogP contribution in [0, 0.1) is 11.7 Å². The molecule has 0 saturated carbocycles. The van der Waals surface area contributed by atoms with Crippen molar-refractivity contribution in [3.8, 4) is 5.75 Å². The van der Waals surface area contributed by atoms with Gasteiger partial charge >= 0.3 is 0 Å². The van der Waals surface area contributed by atoms with Gasteiger partial charge in [-0.3, -0.25) is 4.79 Å². The molecule has 1 aliphatic carbocycles. The lowest BCUT2D eigenvalue weighted by molar-refractivity contribution is -0.119. The number of amides is 1. The maximum absolute atomic E-state index is 13.8. The van der Waals surface area contributed by atoms with Crippen molar-refractivity contribution in [3.05, 3.63) is 59.4 Å². The van der Waals surface area contributed by atoms with Crippen LogP contribution in [0.3, 0.4) is 0 Å². The summed E-state index contributed by atoms with van der Waals surface area (Å²) in [5, 5.41) is 6.11. The second-order valence-corrected chi connectivity index (χ2v) is 7.80. The highest BCUT2D eigenvalue weighted by atomic mass is 35.5. The first-order chi connectivity index (χ1) is 14.6. The zero-order chi connectivity index (χ0) is 21.1. The van der Waals surface area contributed by atoms with Crippen molar-refractivity contribution < 1.29 is 19.4 Å². The lowest BCUT2D eigenvalue weighted by Crippen LogP contribution is -2.39. The number of anilines is 1. The molecule has 2 N–H and O–H groups in total. The predicted molar refractivity (Wildman–Crippen MR) is 127 cm³/mol. The van der Waals surface area contributed by atoms with Gasteiger partial charge in [-0.1, -0.05) is 19.9 Å². The highest BCUT2D eigenvalue weighted by Crippen LogP contribution is 2.34. The van der Waals surface area contributed by atoms with E-state index in [9.17, 15) is 9.18 Å². The van der Waals surface area contributed by atoms with E-state index in [1.807, 2.05) is 30.3 Å². The van der Waals surface area contributed by atoms with Crippen molar-refractivity contribution in [1.82, 2.24) is 4.90 Å². The number of rotatable bonds is 7. The number of carbonyl (C=O) groups is 1. The Morgan fingerprint density at radius 2 is 1.88 bits per heavy atom. The van der Waals surface area contributed by atoms with Crippen LogP contribution in [0.15, 0.2) is 47.6 Å². The van der Waals surface area contributed by atoms with Gasteiger partial charge in [0, 0.05) is 24.4 Å². The topological polar surface area (TPSA) is 76.6 Å². The Bertz CT molecular complexity index is 948. The van der Waals surface area contributed by atoms with E-state index in [-0.39, 0.29) is 35.5 Å². The molecule has 0 saturated heterocycles. The Morgan fingerprint density at radius 1 is 1.16 bits per heavy atom. The summed E-state index contributed by atoms with van der Waals surface area (Å²) in [5.74, 6) is 0.530. The minimum atomic E-state index is -0.272. The van der Waals surface area contributed by atoms with Crippen LogP contribution in [0.25, 0.3) is 0 Å². The van der Waals surface area contributed by atoms with Crippen LogP contribution >= 0.6 is 12.4 Å². The Kier molecular flexibility index (Phi) is 9.19. The molecule has 32 heavy (non-hydrogen) atoms. The standard InChI is InChI=1S/C24H28FN3O2.ClH.H2O/c1-3-27(4-2)13-14-30-21-11-9-20(10-12-21)28-23(29)15-18-6-5-17-7-8-19(25)16-22(17)24(18)26-28;;/h7-12,16,18H,3-6,13-15H2,1-2H3;1H;1H2. The lowest BCUT2D eigenvalue weighted by atomic mass is 9.79. The average molecular weight is 464 g/mol. The van der Waals surface area contributed by atoms with Crippen molar-refractivity contribution >= 4 is 29.7 Å². The summed E-state index contributed by atoms with van der Waals surface area (Å²) in [4.78, 5) is 15.0. The van der Waals surface area contributed by atoms with Crippen molar-refractivity contribution in [2.24, 2.45) is 11.0 Å². The molecule has 2 aliphatic rings. The lowest BCUT2D eigenvalue weighted by Gasteiger charge is -2.33. The van der Waals surface area contributed by atoms with E-state index < -0.39 is 0 Å². The fourth-order valence-corrected chi connectivity index (χ4v) is 4.20. The average Bonchev–Trinajstić information content (AvgIpc) is 2.76. The number of hydrazone groups is 1. The van der Waals surface area contributed by atoms with Gasteiger partial charge in [-0.15, -0.1) is 12.4 Å². The Morgan fingerprint density at radius 3 is 2.56 bits per heavy atom. The van der Waals surface area contributed by atoms with E-state index in [1.165, 1.54) is 11.1 Å². The summed E-state index contributed by atoms with van der Waals surface area (Å²) in [6.07, 6.45) is 2.12. The first kappa shape index (κ1) is 25.8. The van der Waals surface area contributed by atoms with Crippen LogP contribution in [-0.4, -0.2) is 48.2 Å². The zero-order valence-electron chi connectivity index (χ0n) is 18.5. The van der Waals surface area contributed by atoms with E-state index in [2.05, 4.69) is 23.8 Å². The number of halogens is 2. The second kappa shape index (κ2) is 11.4. The van der Waals surface area contributed by atoms with Gasteiger partial charge in [0.05, 0.1) is 11.4 Å². The number of hydrogen-bond acceptors (Lipinski definition) is 4. The molecule has 1 aliphatic heterocycles. The van der Waals surface area contributed by atoms with Crippen LogP contribution in [-0.2, 0) is 11.2 Å². The van der Waals surface area contributed by atoms with E-state index in [1.54, 1.807) is 6.07 Å². The third-order valence-corrected chi connectivity index (χ3v) is 6.01. The van der Waals surface area contributed by atoms with Gasteiger partial charge in [0.1, 0.15) is 18.2 Å². The Labute approximate surface area is 194 Å². The fraction of sp³-hybridized carbons (Fsp3) is 0.417. The van der Waals surface area contributed by atoms with E-state index in [0.29, 0.717) is 18.7 Å². The molecule has 1 amide bonds. The SMILES string of the molecule is CCN(CC)CCOc1ccc(N2N=C3c4cc(F)ccc4CCC3CC2=O)cc1.Cl.O. The summed E-state index contributed by atoms with van der Waals surface area (Å²) in [7, 11) is 0. The quantitative estimate of drug-likeness (QED) is 0.625. The Hall–Kier alpha value is -2.48. The van der Waals surface area contributed by atoms with E-state index in [0.717, 1.165) is 55.1 Å². The van der Waals surface area contributed by atoms with Gasteiger partial charge in [-0.2, -0.15) is 5.10 Å². The molecular formula is C24H31ClFN3O3. The summed E-state index contributed by atoms with van der Waals surface area (Å²) >= 11 is 0. The first-order valence-electron chi connectivity index (χ1n) is 10.7. The molecular weight excluding hydrogens is 433 g/mol. The minimum Gasteiger partial charge on any atom is -0.492 e. The van der Waals surface area contributed by atoms with Gasteiger partial charge in [0.2, 0.25) is 5.91 Å². The highest BCUT2D eigenvalue weighted by Gasteiger charge is 2.34. The number of carbonyl (C=O) groups excluding carboxylic acids is 1. The molecule has 2 aromatic carbocycles. The predicted octanol–water partition coefficient (Wildman–Crippen LogP) is 3.85. The third kappa shape index (κ3) is 5.46. The number of hydrogen-bond donors (Lipinski definition) is 0. The number of likely N-dealkylation sites (N-methyl/N-ethyl adjacent to an activating group) is 1. The number of benzene rings is 2. The third-order valence-electron chi connectivity index (χ3n) is 6.01. The van der Waals surface area contributed by atoms with Gasteiger partial charge in [0.25, 0.3) is 0 Å². The molecule has 8 heteroatoms. The van der Waals surface area contributed by atoms with Gasteiger partial charge in [-0.25, -0.2) is 9.40 Å². The van der Waals surface area contributed by atoms with Gasteiger partial charge in [0.15, 0.2) is 0 Å². The smallest absolute Gasteiger partial charge is 0.248 e. The van der Waals surface area contributed by atoms with Crippen molar-refractivity contribution in [1.29, 1.82) is 0 Å². The molecule has 6 nitrogen and oxygen atoms in total. The van der Waals surface area contributed by atoms with Crippen LogP contribution < -0.4 is 9.75 Å². The molecule has 1 atom stereocenters. The highest BCUT2D eigenvalue weighted by molar-refractivity contribution is 6.11. The van der Waals surface area contributed by atoms with Crippen molar-refractivity contribution in [3.63, 3.8) is 0 Å². The van der Waals surface area contributed by atoms with Gasteiger partial charge in [-0.05, 0) is 67.9 Å². The number of aryl methyl sites for hydroxylation is 1. The molecule has 0 bridgehead atoms. The largest absolute Gasteiger partial charge is 0.492 e. The summed E-state index contributed by atoms with van der Waals surface area (Å²) < 4.78 is 19.7. The molecule has 0 fully saturated rings. The van der Waals surface area contributed by atoms with Crippen LogP contribution in [0.5, 0.6) is 5.75 Å². The molecule has 2 aromatic rings. The molecule has 1 unspecified atom stereocenters. The minimum absolute atomic E-state index is 0. The number of nitrogens with zero attached hydrogens (tertiary/aromatic N) is 3. The fourth-order valence-electron chi connectivity index (χ4n) is 4.20. The maximum Gasteiger partial charge on any atom is 0.248 e. The summed E-state index contributed by atoms with van der Waals surface area (Å²) in [6.45, 7) is 7.78. The summed E-state index contributed by atoms with van der Waals surface area (Å²) in [5.41, 5.74) is 3.44. The molecule has 1 heterocycles. The van der Waals surface area contributed by atoms with Gasteiger partial charge < -0.3 is 15.1 Å². The maximum atomic E-state index is 13.8. The monoisotopic (exact) mass is 463 g/mol. The van der Waals surface area contributed by atoms with Crippen molar-refractivity contribution in [2.75, 3.05) is 31.3 Å². The molecule has 0 aromatic heterocycles.